The molecule has 1 aromatic heterocycles. The van der Waals surface area contributed by atoms with E-state index in [2.05, 4.69) is 0 Å². The SMILES string of the molecule is Cc1c(CCO)c(=O)n(C)n1S(C)(=O)=O. The van der Waals surface area contributed by atoms with Crippen LogP contribution >= 0.6 is 0 Å². The van der Waals surface area contributed by atoms with Crippen LogP contribution in [0.3, 0.4) is 0 Å². The summed E-state index contributed by atoms with van der Waals surface area (Å²) in [7, 11) is -2.10. The zero-order chi connectivity index (χ0) is 11.8. The van der Waals surface area contributed by atoms with E-state index >= 15 is 0 Å². The molecule has 0 fully saturated rings. The van der Waals surface area contributed by atoms with Crippen LogP contribution in [0, 0.1) is 6.92 Å². The minimum atomic E-state index is -3.49. The molecule has 1 aromatic rings. The summed E-state index contributed by atoms with van der Waals surface area (Å²) in [5.74, 6) is 0. The molecule has 7 heteroatoms. The Bertz CT molecular complexity index is 524. The smallest absolute Gasteiger partial charge is 0.270 e. The minimum absolute atomic E-state index is 0.168. The highest BCUT2D eigenvalue weighted by Crippen LogP contribution is 2.07. The first-order chi connectivity index (χ1) is 6.80. The highest BCUT2D eigenvalue weighted by molar-refractivity contribution is 7.89. The molecule has 0 radical (unpaired) electrons. The number of nitrogens with zero attached hydrogens (tertiary/aromatic N) is 2. The largest absolute Gasteiger partial charge is 0.396 e. The maximum absolute atomic E-state index is 11.6. The van der Waals surface area contributed by atoms with Crippen LogP contribution in [0.1, 0.15) is 11.3 Å². The van der Waals surface area contributed by atoms with Crippen molar-refractivity contribution < 1.29 is 13.5 Å². The molecule has 1 rings (SSSR count). The number of aromatic nitrogens is 2. The molecule has 0 saturated heterocycles. The maximum Gasteiger partial charge on any atom is 0.270 e. The fourth-order valence-electron chi connectivity index (χ4n) is 1.64. The van der Waals surface area contributed by atoms with Crippen LogP contribution in [-0.4, -0.2) is 35.2 Å². The third-order valence-electron chi connectivity index (χ3n) is 2.22. The summed E-state index contributed by atoms with van der Waals surface area (Å²) >= 11 is 0. The third-order valence-corrected chi connectivity index (χ3v) is 3.37. The van der Waals surface area contributed by atoms with Crippen LogP contribution in [-0.2, 0) is 23.5 Å². The third kappa shape index (κ3) is 1.98. The van der Waals surface area contributed by atoms with Crippen molar-refractivity contribution in [2.75, 3.05) is 12.9 Å². The Hall–Kier alpha value is -1.08. The topological polar surface area (TPSA) is 81.3 Å². The maximum atomic E-state index is 11.6. The van der Waals surface area contributed by atoms with Crippen molar-refractivity contribution in [1.82, 2.24) is 8.77 Å². The van der Waals surface area contributed by atoms with Crippen LogP contribution in [0.25, 0.3) is 0 Å². The van der Waals surface area contributed by atoms with Gasteiger partial charge in [0.05, 0.1) is 11.9 Å². The lowest BCUT2D eigenvalue weighted by molar-refractivity contribution is 0.299. The predicted octanol–water partition coefficient (Wildman–Crippen LogP) is -1.16. The van der Waals surface area contributed by atoms with Gasteiger partial charge in [-0.15, -0.1) is 0 Å². The standard InChI is InChI=1S/C8H14N2O4S/c1-6-7(4-5-11)8(12)9(2)10(6)15(3,13)14/h11H,4-5H2,1-3H3. The van der Waals surface area contributed by atoms with Crippen molar-refractivity contribution in [2.45, 2.75) is 13.3 Å². The zero-order valence-corrected chi connectivity index (χ0v) is 9.71. The number of hydrogen-bond acceptors (Lipinski definition) is 4. The van der Waals surface area contributed by atoms with Gasteiger partial charge in [-0.05, 0) is 6.92 Å². The van der Waals surface area contributed by atoms with Crippen LogP contribution < -0.4 is 5.56 Å². The first-order valence-electron chi connectivity index (χ1n) is 4.39. The van der Waals surface area contributed by atoms with Crippen molar-refractivity contribution >= 4 is 10.0 Å². The van der Waals surface area contributed by atoms with Crippen LogP contribution in [0.4, 0.5) is 0 Å². The highest BCUT2D eigenvalue weighted by atomic mass is 32.2. The van der Waals surface area contributed by atoms with Gasteiger partial charge in [-0.3, -0.25) is 4.79 Å². The molecule has 86 valence electrons. The van der Waals surface area contributed by atoms with Gasteiger partial charge in [0.15, 0.2) is 0 Å². The summed E-state index contributed by atoms with van der Waals surface area (Å²) in [6, 6.07) is 0. The molecule has 1 N–H and O–H groups in total. The Morgan fingerprint density at radius 2 is 1.93 bits per heavy atom. The summed E-state index contributed by atoms with van der Waals surface area (Å²) in [5.41, 5.74) is 0.316. The second-order valence-electron chi connectivity index (χ2n) is 3.37. The van der Waals surface area contributed by atoms with Crippen molar-refractivity contribution in [2.24, 2.45) is 7.05 Å². The minimum Gasteiger partial charge on any atom is -0.396 e. The van der Waals surface area contributed by atoms with E-state index in [9.17, 15) is 13.2 Å². The van der Waals surface area contributed by atoms with E-state index < -0.39 is 10.0 Å². The highest BCUT2D eigenvalue weighted by Gasteiger charge is 2.19. The quantitative estimate of drug-likeness (QED) is 0.715. The van der Waals surface area contributed by atoms with Crippen molar-refractivity contribution in [3.8, 4) is 0 Å². The number of aliphatic hydroxyl groups excluding tert-OH is 1. The van der Waals surface area contributed by atoms with Crippen molar-refractivity contribution in [3.05, 3.63) is 21.6 Å². The molecule has 0 saturated carbocycles. The molecule has 0 aliphatic carbocycles. The normalized spacial score (nSPS) is 12.0. The Balaban J connectivity index is 3.58. The van der Waals surface area contributed by atoms with Gasteiger partial charge in [0, 0.05) is 25.6 Å². The molecular weight excluding hydrogens is 220 g/mol. The molecule has 0 aromatic carbocycles. The van der Waals surface area contributed by atoms with Crippen molar-refractivity contribution in [1.29, 1.82) is 0 Å². The van der Waals surface area contributed by atoms with E-state index in [-0.39, 0.29) is 18.6 Å². The predicted molar refractivity (Wildman–Crippen MR) is 55.4 cm³/mol. The van der Waals surface area contributed by atoms with E-state index in [1.54, 1.807) is 6.92 Å². The van der Waals surface area contributed by atoms with E-state index in [4.69, 9.17) is 5.11 Å². The number of hydrogen-bond donors (Lipinski definition) is 1. The fourth-order valence-corrected chi connectivity index (χ4v) is 2.77. The van der Waals surface area contributed by atoms with E-state index in [0.29, 0.717) is 11.3 Å². The first kappa shape index (κ1) is 12.0. The summed E-state index contributed by atoms with van der Waals surface area (Å²) < 4.78 is 24.8. The molecule has 0 aliphatic heterocycles. The monoisotopic (exact) mass is 234 g/mol. The molecule has 0 bridgehead atoms. The van der Waals surface area contributed by atoms with E-state index in [1.807, 2.05) is 0 Å². The molecule has 0 amide bonds. The van der Waals surface area contributed by atoms with Gasteiger partial charge in [-0.1, -0.05) is 0 Å². The second-order valence-corrected chi connectivity index (χ2v) is 5.18. The molecular formula is C8H14N2O4S. The van der Waals surface area contributed by atoms with Crippen molar-refractivity contribution in [3.63, 3.8) is 0 Å². The van der Waals surface area contributed by atoms with Crippen LogP contribution in [0.15, 0.2) is 4.79 Å². The second kappa shape index (κ2) is 3.82. The molecule has 6 nitrogen and oxygen atoms in total. The summed E-state index contributed by atoms with van der Waals surface area (Å²) in [6.45, 7) is 1.37. The van der Waals surface area contributed by atoms with Gasteiger partial charge in [0.1, 0.15) is 0 Å². The lowest BCUT2D eigenvalue weighted by Crippen LogP contribution is -2.25. The van der Waals surface area contributed by atoms with E-state index in [1.165, 1.54) is 7.05 Å². The van der Waals surface area contributed by atoms with Gasteiger partial charge in [0.2, 0.25) is 10.0 Å². The number of aliphatic hydroxyl groups is 1. The molecule has 0 spiro atoms. The lowest BCUT2D eigenvalue weighted by Gasteiger charge is -2.06. The molecule has 0 unspecified atom stereocenters. The van der Waals surface area contributed by atoms with Gasteiger partial charge < -0.3 is 5.11 Å². The molecule has 0 aliphatic rings. The zero-order valence-electron chi connectivity index (χ0n) is 8.89. The summed E-state index contributed by atoms with van der Waals surface area (Å²) in [6.07, 6.45) is 1.20. The Kier molecular flexibility index (Phi) is 3.05. The molecule has 0 atom stereocenters. The van der Waals surface area contributed by atoms with Gasteiger partial charge in [-0.25, -0.2) is 13.1 Å². The Morgan fingerprint density at radius 1 is 1.40 bits per heavy atom. The average molecular weight is 234 g/mol. The van der Waals surface area contributed by atoms with Crippen LogP contribution in [0.5, 0.6) is 0 Å². The lowest BCUT2D eigenvalue weighted by atomic mass is 10.2. The first-order valence-corrected chi connectivity index (χ1v) is 6.24. The van der Waals surface area contributed by atoms with Gasteiger partial charge >= 0.3 is 0 Å². The van der Waals surface area contributed by atoms with Gasteiger partial charge in [0.25, 0.3) is 5.56 Å². The van der Waals surface area contributed by atoms with Crippen LogP contribution in [0.2, 0.25) is 0 Å². The van der Waals surface area contributed by atoms with Gasteiger partial charge in [-0.2, -0.15) is 4.09 Å². The molecule has 1 heterocycles. The Morgan fingerprint density at radius 3 is 2.27 bits per heavy atom. The number of rotatable bonds is 3. The fraction of sp³-hybridized carbons (Fsp3) is 0.625. The Labute approximate surface area is 87.8 Å². The van der Waals surface area contributed by atoms with E-state index in [0.717, 1.165) is 15.0 Å². The molecule has 15 heavy (non-hydrogen) atoms. The average Bonchev–Trinajstić information content (AvgIpc) is 2.29. The summed E-state index contributed by atoms with van der Waals surface area (Å²) in [5, 5.41) is 8.76. The summed E-state index contributed by atoms with van der Waals surface area (Å²) in [4.78, 5) is 11.6.